The number of anilines is 1. The van der Waals surface area contributed by atoms with Crippen LogP contribution in [0.4, 0.5) is 19.3 Å². The second-order valence-corrected chi connectivity index (χ2v) is 4.90. The zero-order valence-electron chi connectivity index (χ0n) is 13.3. The number of hydrogen-bond acceptors (Lipinski definition) is 4. The molecule has 1 atom stereocenters. The number of urea groups is 1. The van der Waals surface area contributed by atoms with Gasteiger partial charge in [-0.15, -0.1) is 0 Å². The SMILES string of the molecule is CCNC(=O)NC(=O)[C@H](C)Nc1ccc(C)c(OCC(F)F)c1. The average Bonchev–Trinajstić information content (AvgIpc) is 2.47. The summed E-state index contributed by atoms with van der Waals surface area (Å²) in [6.07, 6.45) is -2.56. The molecule has 0 heterocycles. The van der Waals surface area contributed by atoms with Crippen LogP contribution in [-0.2, 0) is 4.79 Å². The lowest BCUT2D eigenvalue weighted by atomic mass is 10.2. The maximum absolute atomic E-state index is 12.2. The zero-order chi connectivity index (χ0) is 17.4. The lowest BCUT2D eigenvalue weighted by molar-refractivity contribution is -0.120. The van der Waals surface area contributed by atoms with Gasteiger partial charge in [-0.1, -0.05) is 6.07 Å². The molecular formula is C15H21F2N3O3. The van der Waals surface area contributed by atoms with E-state index in [9.17, 15) is 18.4 Å². The molecule has 0 saturated carbocycles. The summed E-state index contributed by atoms with van der Waals surface area (Å²) in [4.78, 5) is 23.1. The number of hydrogen-bond donors (Lipinski definition) is 3. The van der Waals surface area contributed by atoms with E-state index >= 15 is 0 Å². The number of halogens is 2. The topological polar surface area (TPSA) is 79.5 Å². The van der Waals surface area contributed by atoms with E-state index < -0.39 is 31.0 Å². The summed E-state index contributed by atoms with van der Waals surface area (Å²) in [5, 5.41) is 7.52. The quantitative estimate of drug-likeness (QED) is 0.717. The van der Waals surface area contributed by atoms with Crippen molar-refractivity contribution in [3.63, 3.8) is 0 Å². The number of rotatable bonds is 7. The molecule has 1 rings (SSSR count). The molecule has 0 aliphatic carbocycles. The van der Waals surface area contributed by atoms with Crippen LogP contribution in [0.25, 0.3) is 0 Å². The highest BCUT2D eigenvalue weighted by molar-refractivity contribution is 5.97. The van der Waals surface area contributed by atoms with Crippen molar-refractivity contribution in [3.8, 4) is 5.75 Å². The van der Waals surface area contributed by atoms with Gasteiger partial charge in [0.2, 0.25) is 5.91 Å². The molecule has 0 saturated heterocycles. The molecule has 0 bridgehead atoms. The number of aryl methyl sites for hydroxylation is 1. The molecule has 0 fully saturated rings. The summed E-state index contributed by atoms with van der Waals surface area (Å²) in [6.45, 7) is 4.75. The van der Waals surface area contributed by atoms with Gasteiger partial charge in [0.25, 0.3) is 6.43 Å². The van der Waals surface area contributed by atoms with Gasteiger partial charge in [0.05, 0.1) is 0 Å². The van der Waals surface area contributed by atoms with E-state index in [-0.39, 0.29) is 0 Å². The molecular weight excluding hydrogens is 308 g/mol. The van der Waals surface area contributed by atoms with Gasteiger partial charge in [-0.3, -0.25) is 10.1 Å². The van der Waals surface area contributed by atoms with Crippen LogP contribution in [0.15, 0.2) is 18.2 Å². The maximum atomic E-state index is 12.2. The van der Waals surface area contributed by atoms with Crippen LogP contribution in [0.3, 0.4) is 0 Å². The Morgan fingerprint density at radius 2 is 2.00 bits per heavy atom. The third kappa shape index (κ3) is 6.50. The molecule has 0 aromatic heterocycles. The number of carbonyl (C=O) groups is 2. The van der Waals surface area contributed by atoms with E-state index in [1.54, 1.807) is 32.9 Å². The Balaban J connectivity index is 2.67. The summed E-state index contributed by atoms with van der Waals surface area (Å²) in [5.41, 5.74) is 1.23. The number of amides is 3. The Morgan fingerprint density at radius 3 is 2.61 bits per heavy atom. The van der Waals surface area contributed by atoms with Gasteiger partial charge in [-0.2, -0.15) is 0 Å². The summed E-state index contributed by atoms with van der Waals surface area (Å²) >= 11 is 0. The summed E-state index contributed by atoms with van der Waals surface area (Å²) < 4.78 is 29.5. The largest absolute Gasteiger partial charge is 0.487 e. The van der Waals surface area contributed by atoms with Gasteiger partial charge >= 0.3 is 6.03 Å². The third-order valence-electron chi connectivity index (χ3n) is 2.90. The number of ether oxygens (including phenoxy) is 1. The highest BCUT2D eigenvalue weighted by Gasteiger charge is 2.16. The molecule has 0 aliphatic heterocycles. The second kappa shape index (κ2) is 8.92. The lowest BCUT2D eigenvalue weighted by Gasteiger charge is -2.16. The first-order chi connectivity index (χ1) is 10.8. The molecule has 3 amide bonds. The van der Waals surface area contributed by atoms with Crippen molar-refractivity contribution < 1.29 is 23.1 Å². The molecule has 0 spiro atoms. The summed E-state index contributed by atoms with van der Waals surface area (Å²) in [6, 6.07) is 3.66. The second-order valence-electron chi connectivity index (χ2n) is 4.90. The molecule has 0 unspecified atom stereocenters. The highest BCUT2D eigenvalue weighted by Crippen LogP contribution is 2.23. The summed E-state index contributed by atoms with van der Waals surface area (Å²) in [7, 11) is 0. The van der Waals surface area contributed by atoms with Crippen LogP contribution >= 0.6 is 0 Å². The van der Waals surface area contributed by atoms with Crippen molar-refractivity contribution in [3.05, 3.63) is 23.8 Å². The number of nitrogens with one attached hydrogen (secondary N) is 3. The molecule has 0 aliphatic rings. The zero-order valence-corrected chi connectivity index (χ0v) is 13.3. The number of alkyl halides is 2. The first kappa shape index (κ1) is 18.7. The fraction of sp³-hybridized carbons (Fsp3) is 0.467. The van der Waals surface area contributed by atoms with Crippen LogP contribution in [0.1, 0.15) is 19.4 Å². The van der Waals surface area contributed by atoms with E-state index in [0.29, 0.717) is 23.5 Å². The van der Waals surface area contributed by atoms with Crippen molar-refractivity contribution in [2.45, 2.75) is 33.2 Å². The summed E-state index contributed by atoms with van der Waals surface area (Å²) in [5.74, 6) is -0.196. The van der Waals surface area contributed by atoms with Gasteiger partial charge in [-0.05, 0) is 32.4 Å². The molecule has 128 valence electrons. The van der Waals surface area contributed by atoms with Crippen molar-refractivity contribution >= 4 is 17.6 Å². The normalized spacial score (nSPS) is 11.7. The lowest BCUT2D eigenvalue weighted by Crippen LogP contribution is -2.45. The Kier molecular flexibility index (Phi) is 7.24. The van der Waals surface area contributed by atoms with Gasteiger partial charge in [-0.25, -0.2) is 13.6 Å². The van der Waals surface area contributed by atoms with Crippen molar-refractivity contribution in [2.75, 3.05) is 18.5 Å². The van der Waals surface area contributed by atoms with Gasteiger partial charge in [0, 0.05) is 18.3 Å². The smallest absolute Gasteiger partial charge is 0.321 e. The monoisotopic (exact) mass is 329 g/mol. The molecule has 1 aromatic carbocycles. The first-order valence-corrected chi connectivity index (χ1v) is 7.20. The minimum absolute atomic E-state index is 0.312. The molecule has 23 heavy (non-hydrogen) atoms. The Labute approximate surface area is 133 Å². The Bertz CT molecular complexity index is 553. The number of carbonyl (C=O) groups excluding carboxylic acids is 2. The molecule has 3 N–H and O–H groups in total. The van der Waals surface area contributed by atoms with Crippen molar-refractivity contribution in [1.82, 2.24) is 10.6 Å². The van der Waals surface area contributed by atoms with Crippen LogP contribution in [0, 0.1) is 6.92 Å². The standard InChI is InChI=1S/C15H21F2N3O3/c1-4-18-15(22)20-14(21)10(3)19-11-6-5-9(2)12(7-11)23-8-13(16)17/h5-7,10,13,19H,4,8H2,1-3H3,(H2,18,20,21,22)/t10-/m0/s1. The van der Waals surface area contributed by atoms with Gasteiger partial charge in [0.1, 0.15) is 18.4 Å². The maximum Gasteiger partial charge on any atom is 0.321 e. The minimum Gasteiger partial charge on any atom is -0.487 e. The predicted molar refractivity (Wildman–Crippen MR) is 83.0 cm³/mol. The van der Waals surface area contributed by atoms with E-state index in [1.165, 1.54) is 6.07 Å². The molecule has 6 nitrogen and oxygen atoms in total. The average molecular weight is 329 g/mol. The molecule has 1 aromatic rings. The van der Waals surface area contributed by atoms with E-state index in [1.807, 2.05) is 0 Å². The van der Waals surface area contributed by atoms with Crippen LogP contribution < -0.4 is 20.7 Å². The van der Waals surface area contributed by atoms with E-state index in [0.717, 1.165) is 0 Å². The fourth-order valence-corrected chi connectivity index (χ4v) is 1.74. The molecule has 8 heteroatoms. The third-order valence-corrected chi connectivity index (χ3v) is 2.90. The minimum atomic E-state index is -2.56. The highest BCUT2D eigenvalue weighted by atomic mass is 19.3. The Hall–Kier alpha value is -2.38. The van der Waals surface area contributed by atoms with Crippen LogP contribution in [0.2, 0.25) is 0 Å². The van der Waals surface area contributed by atoms with E-state index in [4.69, 9.17) is 4.74 Å². The van der Waals surface area contributed by atoms with E-state index in [2.05, 4.69) is 16.0 Å². The van der Waals surface area contributed by atoms with Crippen molar-refractivity contribution in [1.29, 1.82) is 0 Å². The van der Waals surface area contributed by atoms with Crippen molar-refractivity contribution in [2.24, 2.45) is 0 Å². The Morgan fingerprint density at radius 1 is 1.30 bits per heavy atom. The first-order valence-electron chi connectivity index (χ1n) is 7.20. The fourth-order valence-electron chi connectivity index (χ4n) is 1.74. The number of benzene rings is 1. The molecule has 0 radical (unpaired) electrons. The predicted octanol–water partition coefficient (Wildman–Crippen LogP) is 2.29. The number of imide groups is 1. The van der Waals surface area contributed by atoms with Crippen LogP contribution in [0.5, 0.6) is 5.75 Å². The van der Waals surface area contributed by atoms with Gasteiger partial charge < -0.3 is 15.4 Å². The van der Waals surface area contributed by atoms with Crippen LogP contribution in [-0.4, -0.2) is 37.6 Å². The van der Waals surface area contributed by atoms with Gasteiger partial charge in [0.15, 0.2) is 0 Å².